The van der Waals surface area contributed by atoms with E-state index in [0.717, 1.165) is 74.6 Å². The third-order valence-electron chi connectivity index (χ3n) is 4.48. The van der Waals surface area contributed by atoms with E-state index in [2.05, 4.69) is 46.0 Å². The van der Waals surface area contributed by atoms with Crippen LogP contribution in [0.1, 0.15) is 28.2 Å². The van der Waals surface area contributed by atoms with Gasteiger partial charge in [-0.15, -0.1) is 11.3 Å². The Morgan fingerprint density at radius 2 is 2.12 bits per heavy atom. The van der Waals surface area contributed by atoms with Crippen molar-refractivity contribution in [3.8, 4) is 0 Å². The number of aromatic nitrogens is 2. The van der Waals surface area contributed by atoms with Crippen LogP contribution < -0.4 is 5.32 Å². The summed E-state index contributed by atoms with van der Waals surface area (Å²) in [6.07, 6.45) is 2.59. The fraction of sp³-hybridized carbons (Fsp3) is 0.611. The highest BCUT2D eigenvalue weighted by molar-refractivity contribution is 7.11. The van der Waals surface area contributed by atoms with E-state index >= 15 is 0 Å². The van der Waals surface area contributed by atoms with Gasteiger partial charge in [-0.2, -0.15) is 0 Å². The summed E-state index contributed by atoms with van der Waals surface area (Å²) in [6.45, 7) is 12.8. The number of aryl methyl sites for hydroxylation is 2. The summed E-state index contributed by atoms with van der Waals surface area (Å²) in [5.41, 5.74) is 2.14. The van der Waals surface area contributed by atoms with Gasteiger partial charge >= 0.3 is 0 Å². The lowest BCUT2D eigenvalue weighted by atomic mass is 10.3. The Balaban J connectivity index is 1.51. The van der Waals surface area contributed by atoms with Crippen LogP contribution >= 0.6 is 11.3 Å². The number of guanidine groups is 1. The third kappa shape index (κ3) is 5.04. The van der Waals surface area contributed by atoms with Gasteiger partial charge < -0.3 is 14.7 Å². The summed E-state index contributed by atoms with van der Waals surface area (Å²) in [7, 11) is 0. The number of rotatable bonds is 6. The van der Waals surface area contributed by atoms with Crippen molar-refractivity contribution in [1.29, 1.82) is 0 Å². The molecule has 2 aromatic rings. The van der Waals surface area contributed by atoms with E-state index in [-0.39, 0.29) is 0 Å². The van der Waals surface area contributed by atoms with Crippen LogP contribution in [-0.4, -0.2) is 65.2 Å². The Labute approximate surface area is 159 Å². The van der Waals surface area contributed by atoms with Crippen molar-refractivity contribution in [2.45, 2.75) is 33.7 Å². The van der Waals surface area contributed by atoms with Crippen molar-refractivity contribution in [2.75, 3.05) is 39.3 Å². The molecule has 1 fully saturated rings. The van der Waals surface area contributed by atoms with Crippen molar-refractivity contribution < 1.29 is 4.52 Å². The maximum absolute atomic E-state index is 4.92. The van der Waals surface area contributed by atoms with Crippen molar-refractivity contribution >= 4 is 17.3 Å². The number of nitrogens with one attached hydrogen (secondary N) is 1. The lowest BCUT2D eigenvalue weighted by Gasteiger charge is -2.36. The summed E-state index contributed by atoms with van der Waals surface area (Å²) >= 11 is 1.78. The van der Waals surface area contributed by atoms with Crippen LogP contribution in [0, 0.1) is 13.8 Å². The molecular weight excluding hydrogens is 348 g/mol. The van der Waals surface area contributed by atoms with Crippen LogP contribution in [0.4, 0.5) is 0 Å². The largest absolute Gasteiger partial charge is 0.364 e. The first-order valence-electron chi connectivity index (χ1n) is 9.23. The zero-order chi connectivity index (χ0) is 18.4. The first-order chi connectivity index (χ1) is 12.7. The molecule has 0 radical (unpaired) electrons. The molecule has 0 spiro atoms. The second kappa shape index (κ2) is 9.14. The Morgan fingerprint density at radius 1 is 1.31 bits per heavy atom. The molecule has 142 valence electrons. The Morgan fingerprint density at radius 3 is 2.73 bits per heavy atom. The lowest BCUT2D eigenvalue weighted by Crippen LogP contribution is -2.52. The molecule has 2 aromatic heterocycles. The second-order valence-corrected chi connectivity index (χ2v) is 7.77. The molecule has 3 heterocycles. The van der Waals surface area contributed by atoms with Gasteiger partial charge in [0.05, 0.1) is 16.4 Å². The summed E-state index contributed by atoms with van der Waals surface area (Å²) in [5, 5.41) is 8.57. The molecule has 1 aliphatic rings. The van der Waals surface area contributed by atoms with Crippen LogP contribution in [0.15, 0.2) is 21.8 Å². The number of aliphatic imine (C=N–C) groups is 1. The SMILES string of the molecule is CCNC(=NCCc1sc(C)nc1C)N1CCN(Cc2ccon2)CC1. The molecule has 0 unspecified atom stereocenters. The molecule has 0 aromatic carbocycles. The maximum Gasteiger partial charge on any atom is 0.194 e. The van der Waals surface area contributed by atoms with E-state index in [1.165, 1.54) is 4.88 Å². The van der Waals surface area contributed by atoms with Gasteiger partial charge in [-0.1, -0.05) is 5.16 Å². The Kier molecular flexibility index (Phi) is 6.62. The average Bonchev–Trinajstić information content (AvgIpc) is 3.24. The van der Waals surface area contributed by atoms with Gasteiger partial charge in [-0.25, -0.2) is 4.98 Å². The molecule has 0 amide bonds. The predicted molar refractivity (Wildman–Crippen MR) is 105 cm³/mol. The zero-order valence-corrected chi connectivity index (χ0v) is 16.7. The fourth-order valence-corrected chi connectivity index (χ4v) is 4.09. The van der Waals surface area contributed by atoms with Gasteiger partial charge in [0, 0.05) is 63.2 Å². The standard InChI is InChI=1S/C18H28N6OS/c1-4-19-18(20-7-5-17-14(2)21-15(3)26-17)24-10-8-23(9-11-24)13-16-6-12-25-22-16/h6,12H,4-5,7-11,13H2,1-3H3,(H,19,20). The van der Waals surface area contributed by atoms with E-state index in [0.29, 0.717) is 0 Å². The summed E-state index contributed by atoms with van der Waals surface area (Å²) in [5.74, 6) is 1.02. The molecule has 7 nitrogen and oxygen atoms in total. The van der Waals surface area contributed by atoms with Gasteiger partial charge in [-0.3, -0.25) is 9.89 Å². The predicted octanol–water partition coefficient (Wildman–Crippen LogP) is 2.07. The average molecular weight is 377 g/mol. The van der Waals surface area contributed by atoms with Crippen molar-refractivity contribution in [3.63, 3.8) is 0 Å². The smallest absolute Gasteiger partial charge is 0.194 e. The van der Waals surface area contributed by atoms with E-state index in [9.17, 15) is 0 Å². The van der Waals surface area contributed by atoms with Crippen LogP contribution in [0.5, 0.6) is 0 Å². The second-order valence-electron chi connectivity index (χ2n) is 6.48. The van der Waals surface area contributed by atoms with E-state index in [1.807, 2.05) is 6.07 Å². The maximum atomic E-state index is 4.92. The summed E-state index contributed by atoms with van der Waals surface area (Å²) in [4.78, 5) is 15.5. The minimum absolute atomic E-state index is 0.796. The van der Waals surface area contributed by atoms with Gasteiger partial charge in [-0.05, 0) is 20.8 Å². The highest BCUT2D eigenvalue weighted by Gasteiger charge is 2.20. The lowest BCUT2D eigenvalue weighted by molar-refractivity contribution is 0.169. The van der Waals surface area contributed by atoms with Crippen LogP contribution in [-0.2, 0) is 13.0 Å². The minimum Gasteiger partial charge on any atom is -0.364 e. The molecule has 26 heavy (non-hydrogen) atoms. The zero-order valence-electron chi connectivity index (χ0n) is 15.9. The van der Waals surface area contributed by atoms with Gasteiger partial charge in [0.1, 0.15) is 6.26 Å². The number of hydrogen-bond donors (Lipinski definition) is 1. The van der Waals surface area contributed by atoms with E-state index < -0.39 is 0 Å². The molecule has 0 saturated carbocycles. The molecular formula is C18H28N6OS. The van der Waals surface area contributed by atoms with E-state index in [4.69, 9.17) is 9.52 Å². The number of nitrogens with zero attached hydrogens (tertiary/aromatic N) is 5. The molecule has 1 aliphatic heterocycles. The highest BCUT2D eigenvalue weighted by Crippen LogP contribution is 2.17. The molecule has 1 N–H and O–H groups in total. The summed E-state index contributed by atoms with van der Waals surface area (Å²) < 4.78 is 4.92. The molecule has 0 bridgehead atoms. The van der Waals surface area contributed by atoms with Crippen molar-refractivity contribution in [3.05, 3.63) is 33.6 Å². The summed E-state index contributed by atoms with van der Waals surface area (Å²) in [6, 6.07) is 1.93. The molecule has 3 rings (SSSR count). The molecule has 0 aliphatic carbocycles. The quantitative estimate of drug-likeness (QED) is 0.615. The molecule has 8 heteroatoms. The molecule has 0 atom stereocenters. The number of thiazole rings is 1. The fourth-order valence-electron chi connectivity index (χ4n) is 3.16. The van der Waals surface area contributed by atoms with Crippen LogP contribution in [0.25, 0.3) is 0 Å². The number of hydrogen-bond acceptors (Lipinski definition) is 6. The van der Waals surface area contributed by atoms with E-state index in [1.54, 1.807) is 17.6 Å². The monoisotopic (exact) mass is 376 g/mol. The van der Waals surface area contributed by atoms with Crippen molar-refractivity contribution in [1.82, 2.24) is 25.3 Å². The third-order valence-corrected chi connectivity index (χ3v) is 5.62. The van der Waals surface area contributed by atoms with Crippen molar-refractivity contribution in [2.24, 2.45) is 4.99 Å². The van der Waals surface area contributed by atoms with Crippen LogP contribution in [0.3, 0.4) is 0 Å². The van der Waals surface area contributed by atoms with Gasteiger partial charge in [0.2, 0.25) is 0 Å². The Hall–Kier alpha value is -1.93. The van der Waals surface area contributed by atoms with Gasteiger partial charge in [0.15, 0.2) is 5.96 Å². The highest BCUT2D eigenvalue weighted by atomic mass is 32.1. The topological polar surface area (TPSA) is 69.8 Å². The first-order valence-corrected chi connectivity index (χ1v) is 10.0. The first kappa shape index (κ1) is 18.8. The number of piperazine rings is 1. The van der Waals surface area contributed by atoms with Gasteiger partial charge in [0.25, 0.3) is 0 Å². The Bertz CT molecular complexity index is 703. The molecule has 1 saturated heterocycles. The normalized spacial score (nSPS) is 16.3. The van der Waals surface area contributed by atoms with Crippen LogP contribution in [0.2, 0.25) is 0 Å². The minimum atomic E-state index is 0.796.